The van der Waals surface area contributed by atoms with Crippen LogP contribution in [0, 0.1) is 0 Å². The van der Waals surface area contributed by atoms with Gasteiger partial charge in [0, 0.05) is 18.4 Å². The number of sulfonamides is 1. The van der Waals surface area contributed by atoms with E-state index in [1.165, 1.54) is 18.2 Å². The fourth-order valence-electron chi connectivity index (χ4n) is 3.34. The van der Waals surface area contributed by atoms with E-state index in [2.05, 4.69) is 24.9 Å². The van der Waals surface area contributed by atoms with Crippen LogP contribution in [0.1, 0.15) is 57.1 Å². The van der Waals surface area contributed by atoms with Crippen LogP contribution in [-0.4, -0.2) is 41.1 Å². The second-order valence-electron chi connectivity index (χ2n) is 7.32. The molecule has 0 spiro atoms. The number of rotatable bonds is 10. The lowest BCUT2D eigenvalue weighted by molar-refractivity contribution is -0.119. The third kappa shape index (κ3) is 5.16. The summed E-state index contributed by atoms with van der Waals surface area (Å²) in [5.41, 5.74) is 1.64. The van der Waals surface area contributed by atoms with Gasteiger partial charge in [-0.15, -0.1) is 0 Å². The van der Waals surface area contributed by atoms with Crippen molar-refractivity contribution in [3.8, 4) is 5.75 Å². The number of ether oxygens (including phenoxy) is 1. The molecule has 172 valence electrons. The molecule has 10 nitrogen and oxygen atoms in total. The second kappa shape index (κ2) is 9.94. The largest absolute Gasteiger partial charge is 0.494 e. The Morgan fingerprint density at radius 1 is 1.16 bits per heavy atom. The molecule has 2 heterocycles. The first-order chi connectivity index (χ1) is 15.3. The van der Waals surface area contributed by atoms with E-state index in [4.69, 9.17) is 4.74 Å². The number of H-pyrrole nitrogens is 2. The molecule has 1 amide bonds. The van der Waals surface area contributed by atoms with Crippen LogP contribution in [0.3, 0.4) is 0 Å². The number of carbonyl (C=O) groups excluding carboxylic acids is 1. The van der Waals surface area contributed by atoms with E-state index < -0.39 is 15.9 Å². The Kier molecular flexibility index (Phi) is 7.29. The van der Waals surface area contributed by atoms with Crippen molar-refractivity contribution in [2.75, 3.05) is 6.61 Å². The molecule has 0 saturated carbocycles. The van der Waals surface area contributed by atoms with Crippen LogP contribution in [0.5, 0.6) is 5.75 Å². The normalized spacial score (nSPS) is 11.6. The number of nitrogens with zero attached hydrogens (tertiary/aromatic N) is 2. The van der Waals surface area contributed by atoms with E-state index >= 15 is 0 Å². The second-order valence-corrected chi connectivity index (χ2v) is 9.00. The van der Waals surface area contributed by atoms with Crippen molar-refractivity contribution >= 4 is 27.0 Å². The maximum Gasteiger partial charge on any atom is 0.279 e. The first kappa shape index (κ1) is 23.5. The fourth-order valence-corrected chi connectivity index (χ4v) is 4.40. The Bertz CT molecular complexity index is 1280. The number of aryl methyl sites for hydroxylation is 1. The molecule has 0 fully saturated rings. The molecular formula is C21H27N5O5S. The number of hydrogen-bond donors (Lipinski definition) is 3. The summed E-state index contributed by atoms with van der Waals surface area (Å²) >= 11 is 0. The van der Waals surface area contributed by atoms with E-state index in [1.807, 2.05) is 13.8 Å². The maximum absolute atomic E-state index is 12.6. The van der Waals surface area contributed by atoms with Gasteiger partial charge in [0.25, 0.3) is 15.6 Å². The zero-order valence-electron chi connectivity index (χ0n) is 18.3. The Labute approximate surface area is 185 Å². The number of benzene rings is 1. The standard InChI is InChI=1S/C21H27N5O5S/c1-4-7-15-19-20(25-24-15)21(28)23-17(22-19)12-13-11-14(9-10-16(13)31-6-3)32(29,30)26-18(27)8-5-2/h9-11H,4-8,12H2,1-3H3,(H,24,25)(H,26,27)(H,22,23,28). The van der Waals surface area contributed by atoms with Gasteiger partial charge in [-0.25, -0.2) is 18.1 Å². The van der Waals surface area contributed by atoms with Crippen molar-refractivity contribution in [3.63, 3.8) is 0 Å². The molecule has 11 heteroatoms. The van der Waals surface area contributed by atoms with Gasteiger partial charge in [-0.2, -0.15) is 5.10 Å². The number of fused-ring (bicyclic) bond motifs is 1. The lowest BCUT2D eigenvalue weighted by Crippen LogP contribution is -2.30. The van der Waals surface area contributed by atoms with Crippen LogP contribution in [0.15, 0.2) is 27.9 Å². The van der Waals surface area contributed by atoms with Crippen molar-refractivity contribution in [2.24, 2.45) is 0 Å². The van der Waals surface area contributed by atoms with Crippen molar-refractivity contribution < 1.29 is 17.9 Å². The fraction of sp³-hybridized carbons (Fsp3) is 0.429. The van der Waals surface area contributed by atoms with Crippen LogP contribution in [0.4, 0.5) is 0 Å². The van der Waals surface area contributed by atoms with E-state index in [9.17, 15) is 18.0 Å². The predicted octanol–water partition coefficient (Wildman–Crippen LogP) is 2.19. The van der Waals surface area contributed by atoms with Gasteiger partial charge in [-0.3, -0.25) is 14.7 Å². The van der Waals surface area contributed by atoms with Gasteiger partial charge in [0.2, 0.25) is 5.91 Å². The molecular weight excluding hydrogens is 434 g/mol. The SMILES string of the molecule is CCCC(=O)NS(=O)(=O)c1ccc(OCC)c(Cc2nc3c(CCC)[nH]nc3c(=O)[nH]2)c1. The van der Waals surface area contributed by atoms with Crippen molar-refractivity contribution in [3.05, 3.63) is 45.6 Å². The minimum absolute atomic E-state index is 0.0705. The highest BCUT2D eigenvalue weighted by atomic mass is 32.2. The first-order valence-corrected chi connectivity index (χ1v) is 12.0. The molecule has 3 N–H and O–H groups in total. The van der Waals surface area contributed by atoms with E-state index in [0.29, 0.717) is 42.1 Å². The molecule has 1 aromatic carbocycles. The minimum atomic E-state index is -4.04. The van der Waals surface area contributed by atoms with Crippen LogP contribution < -0.4 is 15.0 Å². The third-order valence-electron chi connectivity index (χ3n) is 4.76. The number of carbonyl (C=O) groups is 1. The molecule has 0 atom stereocenters. The van der Waals surface area contributed by atoms with Crippen molar-refractivity contribution in [1.29, 1.82) is 0 Å². The molecule has 3 aromatic rings. The van der Waals surface area contributed by atoms with Crippen LogP contribution in [0.2, 0.25) is 0 Å². The number of aromatic amines is 2. The van der Waals surface area contributed by atoms with Gasteiger partial charge in [-0.1, -0.05) is 20.3 Å². The van der Waals surface area contributed by atoms with Crippen molar-refractivity contribution in [1.82, 2.24) is 24.9 Å². The van der Waals surface area contributed by atoms with Crippen LogP contribution in [-0.2, 0) is 27.7 Å². The molecule has 0 saturated heterocycles. The third-order valence-corrected chi connectivity index (χ3v) is 6.13. The van der Waals surface area contributed by atoms with Gasteiger partial charge >= 0.3 is 0 Å². The first-order valence-electron chi connectivity index (χ1n) is 10.6. The smallest absolute Gasteiger partial charge is 0.279 e. The topological polar surface area (TPSA) is 147 Å². The summed E-state index contributed by atoms with van der Waals surface area (Å²) in [5.74, 6) is 0.254. The monoisotopic (exact) mass is 461 g/mol. The summed E-state index contributed by atoms with van der Waals surface area (Å²) in [5, 5.41) is 6.90. The number of aromatic nitrogens is 4. The minimum Gasteiger partial charge on any atom is -0.494 e. The average molecular weight is 462 g/mol. The molecule has 0 aliphatic rings. The Balaban J connectivity index is 2.01. The molecule has 0 aliphatic carbocycles. The summed E-state index contributed by atoms with van der Waals surface area (Å²) in [6.45, 7) is 5.99. The van der Waals surface area contributed by atoms with E-state index in [-0.39, 0.29) is 28.8 Å². The summed E-state index contributed by atoms with van der Waals surface area (Å²) in [6.07, 6.45) is 2.33. The van der Waals surface area contributed by atoms with E-state index in [0.717, 1.165) is 12.1 Å². The van der Waals surface area contributed by atoms with E-state index in [1.54, 1.807) is 6.92 Å². The Hall–Kier alpha value is -3.21. The molecule has 0 bridgehead atoms. The average Bonchev–Trinajstić information content (AvgIpc) is 3.13. The lowest BCUT2D eigenvalue weighted by atomic mass is 10.1. The molecule has 2 aromatic heterocycles. The van der Waals surface area contributed by atoms with Crippen LogP contribution >= 0.6 is 0 Å². The van der Waals surface area contributed by atoms with Gasteiger partial charge in [-0.05, 0) is 38.0 Å². The predicted molar refractivity (Wildman–Crippen MR) is 119 cm³/mol. The Morgan fingerprint density at radius 2 is 1.94 bits per heavy atom. The zero-order chi connectivity index (χ0) is 23.3. The molecule has 0 aliphatic heterocycles. The number of amides is 1. The lowest BCUT2D eigenvalue weighted by Gasteiger charge is -2.13. The Morgan fingerprint density at radius 3 is 2.62 bits per heavy atom. The molecule has 0 radical (unpaired) electrons. The highest BCUT2D eigenvalue weighted by Gasteiger charge is 2.20. The van der Waals surface area contributed by atoms with Gasteiger partial charge in [0.15, 0.2) is 5.52 Å². The van der Waals surface area contributed by atoms with Gasteiger partial charge in [0.1, 0.15) is 17.1 Å². The van der Waals surface area contributed by atoms with Gasteiger partial charge < -0.3 is 9.72 Å². The van der Waals surface area contributed by atoms with Gasteiger partial charge in [0.05, 0.1) is 17.2 Å². The summed E-state index contributed by atoms with van der Waals surface area (Å²) in [7, 11) is -4.04. The maximum atomic E-state index is 12.6. The molecule has 32 heavy (non-hydrogen) atoms. The summed E-state index contributed by atoms with van der Waals surface area (Å²) in [4.78, 5) is 31.5. The molecule has 0 unspecified atom stereocenters. The van der Waals surface area contributed by atoms with Crippen LogP contribution in [0.25, 0.3) is 11.0 Å². The quantitative estimate of drug-likeness (QED) is 0.419. The number of nitrogens with one attached hydrogen (secondary N) is 3. The summed E-state index contributed by atoms with van der Waals surface area (Å²) < 4.78 is 33.0. The highest BCUT2D eigenvalue weighted by molar-refractivity contribution is 7.90. The zero-order valence-corrected chi connectivity index (χ0v) is 19.1. The highest BCUT2D eigenvalue weighted by Crippen LogP contribution is 2.25. The summed E-state index contributed by atoms with van der Waals surface area (Å²) in [6, 6.07) is 4.35. The number of hydrogen-bond acceptors (Lipinski definition) is 7. The van der Waals surface area contributed by atoms with Crippen molar-refractivity contribution in [2.45, 2.75) is 57.8 Å². The molecule has 3 rings (SSSR count).